The zero-order valence-electron chi connectivity index (χ0n) is 19.5. The standard InChI is InChI=1S/C25H28N6OS/c1-17-11-13-18(14-12-17)23-27-28-24(30(23)5)33-16-22(32)26-21-15-20(25(2,3)4)29-31(21)19-9-7-6-8-10-19/h6-15H,16H2,1-5H3,(H,26,32). The van der Waals surface area contributed by atoms with Crippen LogP contribution in [0.15, 0.2) is 65.8 Å². The average Bonchev–Trinajstić information content (AvgIpc) is 3.37. The lowest BCUT2D eigenvalue weighted by Crippen LogP contribution is -2.17. The molecule has 0 radical (unpaired) electrons. The number of aryl methyl sites for hydroxylation is 1. The first-order valence-corrected chi connectivity index (χ1v) is 11.8. The third kappa shape index (κ3) is 5.17. The second kappa shape index (κ2) is 9.23. The number of nitrogens with zero attached hydrogens (tertiary/aromatic N) is 5. The van der Waals surface area contributed by atoms with E-state index in [9.17, 15) is 4.79 Å². The van der Waals surface area contributed by atoms with Crippen molar-refractivity contribution in [1.82, 2.24) is 24.5 Å². The minimum atomic E-state index is -0.140. The Labute approximate surface area is 198 Å². The molecule has 8 heteroatoms. The fraction of sp³-hybridized carbons (Fsp3) is 0.280. The van der Waals surface area contributed by atoms with E-state index in [4.69, 9.17) is 5.10 Å². The van der Waals surface area contributed by atoms with Gasteiger partial charge < -0.3 is 9.88 Å². The fourth-order valence-electron chi connectivity index (χ4n) is 3.31. The van der Waals surface area contributed by atoms with Gasteiger partial charge in [0.2, 0.25) is 5.91 Å². The summed E-state index contributed by atoms with van der Waals surface area (Å²) < 4.78 is 3.69. The highest BCUT2D eigenvalue weighted by Crippen LogP contribution is 2.27. The molecule has 2 aromatic heterocycles. The summed E-state index contributed by atoms with van der Waals surface area (Å²) in [4.78, 5) is 12.8. The number of rotatable bonds is 6. The lowest BCUT2D eigenvalue weighted by atomic mass is 9.92. The van der Waals surface area contributed by atoms with Gasteiger partial charge in [0.05, 0.1) is 17.1 Å². The van der Waals surface area contributed by atoms with Gasteiger partial charge in [-0.3, -0.25) is 4.79 Å². The van der Waals surface area contributed by atoms with Crippen LogP contribution >= 0.6 is 11.8 Å². The number of carbonyl (C=O) groups is 1. The van der Waals surface area contributed by atoms with Crippen molar-refractivity contribution in [3.63, 3.8) is 0 Å². The fourth-order valence-corrected chi connectivity index (χ4v) is 4.02. The smallest absolute Gasteiger partial charge is 0.236 e. The van der Waals surface area contributed by atoms with E-state index in [-0.39, 0.29) is 17.1 Å². The summed E-state index contributed by atoms with van der Waals surface area (Å²) in [6.45, 7) is 8.36. The number of carbonyl (C=O) groups excluding carboxylic acids is 1. The Kier molecular flexibility index (Phi) is 6.37. The first kappa shape index (κ1) is 22.8. The largest absolute Gasteiger partial charge is 0.310 e. The molecule has 0 unspecified atom stereocenters. The zero-order valence-corrected chi connectivity index (χ0v) is 20.3. The second-order valence-electron chi connectivity index (χ2n) is 8.98. The molecule has 1 amide bonds. The van der Waals surface area contributed by atoms with Crippen LogP contribution < -0.4 is 5.32 Å². The SMILES string of the molecule is Cc1ccc(-c2nnc(SCC(=O)Nc3cc(C(C)(C)C)nn3-c3ccccc3)n2C)cc1. The summed E-state index contributed by atoms with van der Waals surface area (Å²) in [7, 11) is 1.91. The van der Waals surface area contributed by atoms with E-state index in [0.29, 0.717) is 11.0 Å². The Morgan fingerprint density at radius 2 is 1.73 bits per heavy atom. The molecule has 4 aromatic rings. The summed E-state index contributed by atoms with van der Waals surface area (Å²) in [6, 6.07) is 19.9. The first-order chi connectivity index (χ1) is 15.7. The molecule has 4 rings (SSSR count). The van der Waals surface area contributed by atoms with E-state index in [1.165, 1.54) is 17.3 Å². The van der Waals surface area contributed by atoms with Crippen LogP contribution in [0.2, 0.25) is 0 Å². The van der Waals surface area contributed by atoms with Crippen LogP contribution in [0.4, 0.5) is 5.82 Å². The minimum absolute atomic E-state index is 0.127. The van der Waals surface area contributed by atoms with E-state index in [0.717, 1.165) is 22.8 Å². The molecule has 0 saturated carbocycles. The molecule has 0 saturated heterocycles. The molecular weight excluding hydrogens is 432 g/mol. The van der Waals surface area contributed by atoms with Crippen molar-refractivity contribution in [3.05, 3.63) is 71.9 Å². The normalized spacial score (nSPS) is 11.5. The van der Waals surface area contributed by atoms with Crippen LogP contribution in [0, 0.1) is 6.92 Å². The van der Waals surface area contributed by atoms with Crippen molar-refractivity contribution in [2.75, 3.05) is 11.1 Å². The quantitative estimate of drug-likeness (QED) is 0.410. The lowest BCUT2D eigenvalue weighted by molar-refractivity contribution is -0.113. The summed E-state index contributed by atoms with van der Waals surface area (Å²) in [5, 5.41) is 17.0. The molecule has 0 spiro atoms. The number of thioether (sulfide) groups is 1. The third-order valence-electron chi connectivity index (χ3n) is 5.22. The van der Waals surface area contributed by atoms with Gasteiger partial charge in [-0.25, -0.2) is 4.68 Å². The topological polar surface area (TPSA) is 77.6 Å². The monoisotopic (exact) mass is 460 g/mol. The number of aromatic nitrogens is 5. The summed E-state index contributed by atoms with van der Waals surface area (Å²) >= 11 is 1.35. The second-order valence-corrected chi connectivity index (χ2v) is 9.92. The molecular formula is C25H28N6OS. The molecule has 1 N–H and O–H groups in total. The van der Waals surface area contributed by atoms with Crippen LogP contribution in [0.3, 0.4) is 0 Å². The van der Waals surface area contributed by atoms with Crippen LogP contribution in [-0.4, -0.2) is 36.2 Å². The maximum Gasteiger partial charge on any atom is 0.236 e. The van der Waals surface area contributed by atoms with E-state index in [2.05, 4.69) is 43.2 Å². The van der Waals surface area contributed by atoms with Crippen molar-refractivity contribution in [3.8, 4) is 17.1 Å². The van der Waals surface area contributed by atoms with Crippen molar-refractivity contribution < 1.29 is 4.79 Å². The Morgan fingerprint density at radius 1 is 1.03 bits per heavy atom. The molecule has 2 heterocycles. The molecule has 0 aliphatic rings. The number of nitrogens with one attached hydrogen (secondary N) is 1. The van der Waals surface area contributed by atoms with Gasteiger partial charge in [-0.2, -0.15) is 5.10 Å². The van der Waals surface area contributed by atoms with Gasteiger partial charge in [0.25, 0.3) is 0 Å². The van der Waals surface area contributed by atoms with Crippen LogP contribution in [-0.2, 0) is 17.3 Å². The third-order valence-corrected chi connectivity index (χ3v) is 6.24. The van der Waals surface area contributed by atoms with Gasteiger partial charge >= 0.3 is 0 Å². The summed E-state index contributed by atoms with van der Waals surface area (Å²) in [5.41, 5.74) is 3.85. The first-order valence-electron chi connectivity index (χ1n) is 10.8. The predicted molar refractivity (Wildman–Crippen MR) is 133 cm³/mol. The van der Waals surface area contributed by atoms with Gasteiger partial charge in [0, 0.05) is 24.1 Å². The van der Waals surface area contributed by atoms with E-state index in [1.807, 2.05) is 72.3 Å². The summed E-state index contributed by atoms with van der Waals surface area (Å²) in [6.07, 6.45) is 0. The van der Waals surface area contributed by atoms with Crippen LogP contribution in [0.5, 0.6) is 0 Å². The molecule has 0 atom stereocenters. The predicted octanol–water partition coefficient (Wildman–Crippen LogP) is 5.00. The van der Waals surface area contributed by atoms with Gasteiger partial charge in [-0.15, -0.1) is 10.2 Å². The van der Waals surface area contributed by atoms with Crippen LogP contribution in [0.25, 0.3) is 17.1 Å². The van der Waals surface area contributed by atoms with Gasteiger partial charge in [0.1, 0.15) is 5.82 Å². The molecule has 0 aliphatic heterocycles. The highest BCUT2D eigenvalue weighted by Gasteiger charge is 2.22. The van der Waals surface area contributed by atoms with Gasteiger partial charge in [-0.05, 0) is 19.1 Å². The number of hydrogen-bond acceptors (Lipinski definition) is 5. The van der Waals surface area contributed by atoms with Crippen molar-refractivity contribution >= 4 is 23.5 Å². The number of hydrogen-bond donors (Lipinski definition) is 1. The Balaban J connectivity index is 1.49. The lowest BCUT2D eigenvalue weighted by Gasteiger charge is -2.14. The molecule has 33 heavy (non-hydrogen) atoms. The molecule has 2 aromatic carbocycles. The number of anilines is 1. The van der Waals surface area contributed by atoms with Crippen molar-refractivity contribution in [2.24, 2.45) is 7.05 Å². The Hall–Kier alpha value is -3.39. The summed E-state index contributed by atoms with van der Waals surface area (Å²) in [5.74, 6) is 1.51. The molecule has 0 aliphatic carbocycles. The van der Waals surface area contributed by atoms with E-state index in [1.54, 1.807) is 4.68 Å². The van der Waals surface area contributed by atoms with E-state index < -0.39 is 0 Å². The van der Waals surface area contributed by atoms with Gasteiger partial charge in [0.15, 0.2) is 11.0 Å². The van der Waals surface area contributed by atoms with Crippen molar-refractivity contribution in [1.29, 1.82) is 0 Å². The van der Waals surface area contributed by atoms with Crippen molar-refractivity contribution in [2.45, 2.75) is 38.3 Å². The van der Waals surface area contributed by atoms with Gasteiger partial charge in [-0.1, -0.05) is 80.6 Å². The maximum atomic E-state index is 12.8. The highest BCUT2D eigenvalue weighted by molar-refractivity contribution is 7.99. The minimum Gasteiger partial charge on any atom is -0.310 e. The molecule has 0 bridgehead atoms. The molecule has 7 nitrogen and oxygen atoms in total. The number of benzene rings is 2. The average molecular weight is 461 g/mol. The van der Waals surface area contributed by atoms with Crippen LogP contribution in [0.1, 0.15) is 32.0 Å². The zero-order chi connectivity index (χ0) is 23.6. The maximum absolute atomic E-state index is 12.8. The number of amides is 1. The highest BCUT2D eigenvalue weighted by atomic mass is 32.2. The Morgan fingerprint density at radius 3 is 2.39 bits per heavy atom. The molecule has 0 fully saturated rings. The molecule has 170 valence electrons. The van der Waals surface area contributed by atoms with E-state index >= 15 is 0 Å². The Bertz CT molecular complexity index is 1250. The number of para-hydroxylation sites is 1.